The van der Waals surface area contributed by atoms with E-state index in [-0.39, 0.29) is 17.9 Å². The fourth-order valence-corrected chi connectivity index (χ4v) is 1.62. The summed E-state index contributed by atoms with van der Waals surface area (Å²) in [4.78, 5) is 0. The summed E-state index contributed by atoms with van der Waals surface area (Å²) in [6, 6.07) is 1.68. The molecule has 0 radical (unpaired) electrons. The van der Waals surface area contributed by atoms with Crippen molar-refractivity contribution in [1.82, 2.24) is 0 Å². The second kappa shape index (κ2) is 6.44. The number of anilines is 1. The van der Waals surface area contributed by atoms with Gasteiger partial charge in [-0.2, -0.15) is 13.2 Å². The number of oxime groups is 1. The van der Waals surface area contributed by atoms with E-state index >= 15 is 0 Å². The summed E-state index contributed by atoms with van der Waals surface area (Å²) >= 11 is 0. The molecular formula is C12H15F4N3O. The van der Waals surface area contributed by atoms with Crippen LogP contribution < -0.4 is 11.1 Å². The number of hydrogen-bond acceptors (Lipinski definition) is 3. The van der Waals surface area contributed by atoms with Gasteiger partial charge in [0.2, 0.25) is 0 Å². The molecule has 0 aliphatic heterocycles. The maximum absolute atomic E-state index is 13.5. The number of nitrogens with one attached hydrogen (secondary N) is 1. The van der Waals surface area contributed by atoms with Gasteiger partial charge in [0.25, 0.3) is 0 Å². The average molecular weight is 293 g/mol. The van der Waals surface area contributed by atoms with Crippen LogP contribution in [0, 0.1) is 5.82 Å². The van der Waals surface area contributed by atoms with E-state index in [1.165, 1.54) is 0 Å². The Morgan fingerprint density at radius 3 is 2.60 bits per heavy atom. The Bertz CT molecular complexity index is 488. The van der Waals surface area contributed by atoms with Crippen molar-refractivity contribution in [2.45, 2.75) is 32.0 Å². The number of nitrogens with zero attached hydrogens (tertiary/aromatic N) is 1. The molecular weight excluding hydrogens is 278 g/mol. The van der Waals surface area contributed by atoms with Crippen LogP contribution in [0.4, 0.5) is 23.2 Å². The van der Waals surface area contributed by atoms with Crippen molar-refractivity contribution in [2.24, 2.45) is 10.9 Å². The predicted molar refractivity (Wildman–Crippen MR) is 67.1 cm³/mol. The third-order valence-electron chi connectivity index (χ3n) is 2.73. The Labute approximate surface area is 113 Å². The number of hydrogen-bond donors (Lipinski definition) is 3. The standard InChI is InChI=1S/C12H15F4N3O/c1-2-8(6-11(17)19-20)18-10-5-7(12(14,15)16)3-4-9(10)13/h3-5,8,18,20H,2,6H2,1H3,(H2,17,19). The number of halogens is 4. The number of alkyl halides is 3. The predicted octanol–water partition coefficient (Wildman–Crippen LogP) is 3.17. The molecule has 1 rings (SSSR count). The van der Waals surface area contributed by atoms with Gasteiger partial charge >= 0.3 is 6.18 Å². The average Bonchev–Trinajstić information content (AvgIpc) is 2.38. The number of amidine groups is 1. The zero-order valence-electron chi connectivity index (χ0n) is 10.7. The molecule has 0 aliphatic carbocycles. The first-order valence-electron chi connectivity index (χ1n) is 5.87. The van der Waals surface area contributed by atoms with E-state index in [0.717, 1.165) is 6.07 Å². The maximum Gasteiger partial charge on any atom is 0.416 e. The van der Waals surface area contributed by atoms with Crippen LogP contribution >= 0.6 is 0 Å². The molecule has 112 valence electrons. The topological polar surface area (TPSA) is 70.6 Å². The minimum Gasteiger partial charge on any atom is -0.409 e. The van der Waals surface area contributed by atoms with E-state index in [9.17, 15) is 17.6 Å². The van der Waals surface area contributed by atoms with Crippen molar-refractivity contribution in [3.63, 3.8) is 0 Å². The van der Waals surface area contributed by atoms with Crippen LogP contribution in [-0.2, 0) is 6.18 Å². The molecule has 8 heteroatoms. The van der Waals surface area contributed by atoms with Crippen LogP contribution in [0.25, 0.3) is 0 Å². The van der Waals surface area contributed by atoms with Crippen LogP contribution in [0.1, 0.15) is 25.3 Å². The summed E-state index contributed by atoms with van der Waals surface area (Å²) < 4.78 is 51.2. The molecule has 0 aliphatic rings. The normalized spacial score (nSPS) is 14.2. The van der Waals surface area contributed by atoms with E-state index in [4.69, 9.17) is 10.9 Å². The highest BCUT2D eigenvalue weighted by Crippen LogP contribution is 2.32. The monoisotopic (exact) mass is 293 g/mol. The molecule has 0 saturated heterocycles. The third kappa shape index (κ3) is 4.29. The van der Waals surface area contributed by atoms with Gasteiger partial charge in [-0.1, -0.05) is 12.1 Å². The zero-order chi connectivity index (χ0) is 15.3. The molecule has 0 fully saturated rings. The highest BCUT2D eigenvalue weighted by Gasteiger charge is 2.31. The molecule has 1 unspecified atom stereocenters. The lowest BCUT2D eigenvalue weighted by Gasteiger charge is -2.19. The molecule has 20 heavy (non-hydrogen) atoms. The fraction of sp³-hybridized carbons (Fsp3) is 0.417. The van der Waals surface area contributed by atoms with Crippen LogP contribution in [0.5, 0.6) is 0 Å². The van der Waals surface area contributed by atoms with Crippen molar-refractivity contribution < 1.29 is 22.8 Å². The van der Waals surface area contributed by atoms with E-state index in [2.05, 4.69) is 10.5 Å². The molecule has 0 aromatic heterocycles. The molecule has 0 amide bonds. The van der Waals surface area contributed by atoms with Gasteiger partial charge in [-0.25, -0.2) is 4.39 Å². The number of rotatable bonds is 5. The summed E-state index contributed by atoms with van der Waals surface area (Å²) in [6.07, 6.45) is -3.99. The van der Waals surface area contributed by atoms with Crippen molar-refractivity contribution in [3.8, 4) is 0 Å². The molecule has 1 aromatic carbocycles. The van der Waals surface area contributed by atoms with Crippen LogP contribution in [0.3, 0.4) is 0 Å². The van der Waals surface area contributed by atoms with Gasteiger partial charge in [0, 0.05) is 12.5 Å². The van der Waals surface area contributed by atoms with Gasteiger partial charge in [-0.05, 0) is 24.6 Å². The first kappa shape index (κ1) is 16.1. The lowest BCUT2D eigenvalue weighted by atomic mass is 10.1. The number of nitrogens with two attached hydrogens (primary N) is 1. The van der Waals surface area contributed by atoms with Crippen molar-refractivity contribution in [3.05, 3.63) is 29.6 Å². The largest absolute Gasteiger partial charge is 0.416 e. The van der Waals surface area contributed by atoms with Crippen molar-refractivity contribution >= 4 is 11.5 Å². The third-order valence-corrected chi connectivity index (χ3v) is 2.73. The maximum atomic E-state index is 13.5. The SMILES string of the molecule is CCC(CC(N)=NO)Nc1cc(C(F)(F)F)ccc1F. The summed E-state index contributed by atoms with van der Waals surface area (Å²) in [5.74, 6) is -0.882. The van der Waals surface area contributed by atoms with Gasteiger partial charge in [0.05, 0.1) is 11.3 Å². The van der Waals surface area contributed by atoms with Crippen molar-refractivity contribution in [1.29, 1.82) is 0 Å². The van der Waals surface area contributed by atoms with Gasteiger partial charge in [0.15, 0.2) is 0 Å². The van der Waals surface area contributed by atoms with Gasteiger partial charge in [0.1, 0.15) is 11.7 Å². The Morgan fingerprint density at radius 2 is 2.10 bits per heavy atom. The zero-order valence-corrected chi connectivity index (χ0v) is 10.7. The summed E-state index contributed by atoms with van der Waals surface area (Å²) in [7, 11) is 0. The van der Waals surface area contributed by atoms with E-state index in [0.29, 0.717) is 18.6 Å². The first-order chi connectivity index (χ1) is 9.27. The highest BCUT2D eigenvalue weighted by molar-refractivity contribution is 5.80. The Balaban J connectivity index is 2.95. The molecule has 1 aromatic rings. The first-order valence-corrected chi connectivity index (χ1v) is 5.87. The van der Waals surface area contributed by atoms with Gasteiger partial charge in [-0.15, -0.1) is 0 Å². The second-order valence-electron chi connectivity index (χ2n) is 4.24. The summed E-state index contributed by atoms with van der Waals surface area (Å²) in [5.41, 5.74) is 4.12. The highest BCUT2D eigenvalue weighted by atomic mass is 19.4. The number of benzene rings is 1. The van der Waals surface area contributed by atoms with Crippen LogP contribution in [-0.4, -0.2) is 17.1 Å². The quantitative estimate of drug-likeness (QED) is 0.257. The minimum atomic E-state index is -4.54. The smallest absolute Gasteiger partial charge is 0.409 e. The van der Waals surface area contributed by atoms with Crippen LogP contribution in [0.15, 0.2) is 23.4 Å². The molecule has 0 spiro atoms. The minimum absolute atomic E-state index is 0.0860. The molecule has 0 saturated carbocycles. The lowest BCUT2D eigenvalue weighted by Crippen LogP contribution is -2.27. The molecule has 0 heterocycles. The van der Waals surface area contributed by atoms with E-state index in [1.54, 1.807) is 6.92 Å². The summed E-state index contributed by atoms with van der Waals surface area (Å²) in [6.45, 7) is 1.74. The summed E-state index contributed by atoms with van der Waals surface area (Å²) in [5, 5.41) is 13.9. The van der Waals surface area contributed by atoms with Gasteiger partial charge < -0.3 is 16.3 Å². The molecule has 4 N–H and O–H groups in total. The fourth-order valence-electron chi connectivity index (χ4n) is 1.62. The Hall–Kier alpha value is -1.99. The Kier molecular flexibility index (Phi) is 5.18. The van der Waals surface area contributed by atoms with Crippen LogP contribution in [0.2, 0.25) is 0 Å². The van der Waals surface area contributed by atoms with Crippen molar-refractivity contribution in [2.75, 3.05) is 5.32 Å². The van der Waals surface area contributed by atoms with E-state index < -0.39 is 23.6 Å². The van der Waals surface area contributed by atoms with E-state index in [1.807, 2.05) is 0 Å². The lowest BCUT2D eigenvalue weighted by molar-refractivity contribution is -0.137. The Morgan fingerprint density at radius 1 is 1.45 bits per heavy atom. The molecule has 0 bridgehead atoms. The second-order valence-corrected chi connectivity index (χ2v) is 4.24. The molecule has 1 atom stereocenters. The van der Waals surface area contributed by atoms with Gasteiger partial charge in [-0.3, -0.25) is 0 Å². The molecule has 4 nitrogen and oxygen atoms in total.